The van der Waals surface area contributed by atoms with E-state index in [4.69, 9.17) is 13.9 Å². The van der Waals surface area contributed by atoms with Crippen LogP contribution < -0.4 is 19.8 Å². The van der Waals surface area contributed by atoms with Crippen LogP contribution in [0.4, 0.5) is 5.13 Å². The number of amides is 1. The lowest BCUT2D eigenvalue weighted by Gasteiger charge is -2.23. The quantitative estimate of drug-likeness (QED) is 0.251. The molecule has 1 amide bonds. The van der Waals surface area contributed by atoms with E-state index in [-0.39, 0.29) is 16.8 Å². The second-order valence-corrected chi connectivity index (χ2v) is 10.0. The van der Waals surface area contributed by atoms with Crippen LogP contribution in [0.1, 0.15) is 71.5 Å². The first kappa shape index (κ1) is 25.0. The number of ether oxygens (including phenoxy) is 2. The maximum atomic E-state index is 13.8. The minimum Gasteiger partial charge on any atom is -0.493 e. The lowest BCUT2D eigenvalue weighted by atomic mass is 9.97. The van der Waals surface area contributed by atoms with Crippen LogP contribution >= 0.6 is 11.3 Å². The molecular formula is C28H29N3O5S. The molecule has 0 aliphatic carbocycles. The number of anilines is 1. The molecule has 8 nitrogen and oxygen atoms in total. The summed E-state index contributed by atoms with van der Waals surface area (Å²) in [6.07, 6.45) is 4.40. The van der Waals surface area contributed by atoms with E-state index in [0.717, 1.165) is 30.4 Å². The zero-order valence-corrected chi connectivity index (χ0v) is 22.2. The van der Waals surface area contributed by atoms with Crippen LogP contribution in [0.25, 0.3) is 11.0 Å². The van der Waals surface area contributed by atoms with Crippen molar-refractivity contribution in [2.45, 2.75) is 52.5 Å². The van der Waals surface area contributed by atoms with Gasteiger partial charge in [-0.2, -0.15) is 0 Å². The summed E-state index contributed by atoms with van der Waals surface area (Å²) in [5, 5.41) is 8.88. The lowest BCUT2D eigenvalue weighted by Crippen LogP contribution is -2.29. The van der Waals surface area contributed by atoms with Crippen molar-refractivity contribution in [2.24, 2.45) is 0 Å². The van der Waals surface area contributed by atoms with Crippen LogP contribution in [0.3, 0.4) is 0 Å². The Morgan fingerprint density at radius 1 is 1.05 bits per heavy atom. The van der Waals surface area contributed by atoms with E-state index < -0.39 is 11.9 Å². The van der Waals surface area contributed by atoms with Crippen LogP contribution in [-0.4, -0.2) is 29.8 Å². The summed E-state index contributed by atoms with van der Waals surface area (Å²) >= 11 is 1.22. The Kier molecular flexibility index (Phi) is 6.97. The Hall–Kier alpha value is -3.72. The fraction of sp³-hybridized carbons (Fsp3) is 0.357. The lowest BCUT2D eigenvalue weighted by molar-refractivity contribution is 0.0970. The van der Waals surface area contributed by atoms with Gasteiger partial charge in [-0.3, -0.25) is 14.5 Å². The number of unbranched alkanes of at least 4 members (excludes halogenated alkanes) is 3. The highest BCUT2D eigenvalue weighted by molar-refractivity contribution is 7.13. The molecule has 0 N–H and O–H groups in total. The summed E-state index contributed by atoms with van der Waals surface area (Å²) in [7, 11) is 1.58. The second-order valence-electron chi connectivity index (χ2n) is 9.23. The highest BCUT2D eigenvalue weighted by atomic mass is 32.1. The molecule has 2 aromatic heterocycles. The number of aromatic nitrogens is 2. The highest BCUT2D eigenvalue weighted by Gasteiger charge is 2.45. The largest absolute Gasteiger partial charge is 0.493 e. The van der Waals surface area contributed by atoms with Crippen LogP contribution in [0.5, 0.6) is 11.5 Å². The fourth-order valence-corrected chi connectivity index (χ4v) is 5.28. The van der Waals surface area contributed by atoms with Crippen LogP contribution in [0, 0.1) is 13.8 Å². The Morgan fingerprint density at radius 2 is 1.86 bits per heavy atom. The zero-order valence-electron chi connectivity index (χ0n) is 21.4. The van der Waals surface area contributed by atoms with E-state index in [1.807, 2.05) is 38.1 Å². The second kappa shape index (κ2) is 10.3. The minimum absolute atomic E-state index is 0.0242. The first-order valence-corrected chi connectivity index (χ1v) is 13.3. The van der Waals surface area contributed by atoms with Crippen LogP contribution in [0.2, 0.25) is 0 Å². The Balaban J connectivity index is 1.62. The molecule has 4 aromatic rings. The molecule has 37 heavy (non-hydrogen) atoms. The van der Waals surface area contributed by atoms with Gasteiger partial charge in [-0.25, -0.2) is 0 Å². The molecule has 1 unspecified atom stereocenters. The van der Waals surface area contributed by atoms with Gasteiger partial charge in [-0.1, -0.05) is 43.6 Å². The number of carbonyl (C=O) groups excluding carboxylic acids is 1. The molecule has 3 heterocycles. The number of hydrogen-bond acceptors (Lipinski definition) is 8. The monoisotopic (exact) mass is 519 g/mol. The highest BCUT2D eigenvalue weighted by Crippen LogP contribution is 2.43. The number of aryl methyl sites for hydroxylation is 2. The molecule has 1 aliphatic rings. The predicted octanol–water partition coefficient (Wildman–Crippen LogP) is 5.98. The Bertz CT molecular complexity index is 1510. The third kappa shape index (κ3) is 4.48. The summed E-state index contributed by atoms with van der Waals surface area (Å²) < 4.78 is 17.7. The molecule has 2 aromatic carbocycles. The van der Waals surface area contributed by atoms with Crippen molar-refractivity contribution in [2.75, 3.05) is 18.6 Å². The first-order chi connectivity index (χ1) is 17.9. The van der Waals surface area contributed by atoms with E-state index in [9.17, 15) is 9.59 Å². The number of carbonyl (C=O) groups is 1. The number of nitrogens with zero attached hydrogens (tertiary/aromatic N) is 3. The van der Waals surface area contributed by atoms with E-state index >= 15 is 0 Å². The Labute approximate surface area is 218 Å². The maximum absolute atomic E-state index is 13.8. The molecule has 0 radical (unpaired) electrons. The van der Waals surface area contributed by atoms with Gasteiger partial charge in [-0.05, 0) is 61.2 Å². The zero-order chi connectivity index (χ0) is 26.1. The van der Waals surface area contributed by atoms with Gasteiger partial charge in [0.25, 0.3) is 5.91 Å². The van der Waals surface area contributed by atoms with Crippen molar-refractivity contribution < 1.29 is 18.7 Å². The molecule has 0 saturated carbocycles. The van der Waals surface area contributed by atoms with Crippen molar-refractivity contribution >= 4 is 33.3 Å². The maximum Gasteiger partial charge on any atom is 0.297 e. The summed E-state index contributed by atoms with van der Waals surface area (Å²) in [6.45, 7) is 6.65. The molecule has 1 atom stereocenters. The van der Waals surface area contributed by atoms with E-state index in [1.165, 1.54) is 22.7 Å². The molecule has 9 heteroatoms. The predicted molar refractivity (Wildman–Crippen MR) is 143 cm³/mol. The Morgan fingerprint density at radius 3 is 2.59 bits per heavy atom. The van der Waals surface area contributed by atoms with Crippen molar-refractivity contribution in [3.8, 4) is 11.5 Å². The molecule has 0 saturated heterocycles. The van der Waals surface area contributed by atoms with Crippen molar-refractivity contribution in [3.63, 3.8) is 0 Å². The molecule has 1 aliphatic heterocycles. The summed E-state index contributed by atoms with van der Waals surface area (Å²) in [5.41, 5.74) is 4.64. The van der Waals surface area contributed by atoms with Gasteiger partial charge in [0.2, 0.25) is 10.9 Å². The smallest absolute Gasteiger partial charge is 0.297 e. The van der Waals surface area contributed by atoms with Crippen LogP contribution in [0.15, 0.2) is 45.1 Å². The molecule has 5 rings (SSSR count). The number of methoxy groups -OCH3 is 1. The van der Waals surface area contributed by atoms with E-state index in [1.54, 1.807) is 18.7 Å². The molecular weight excluding hydrogens is 490 g/mol. The van der Waals surface area contributed by atoms with Crippen molar-refractivity contribution in [3.05, 3.63) is 74.1 Å². The third-order valence-electron chi connectivity index (χ3n) is 6.80. The average Bonchev–Trinajstić information content (AvgIpc) is 3.52. The van der Waals surface area contributed by atoms with Gasteiger partial charge in [0.1, 0.15) is 11.1 Å². The van der Waals surface area contributed by atoms with Gasteiger partial charge < -0.3 is 13.9 Å². The number of rotatable bonds is 9. The molecule has 0 fully saturated rings. The van der Waals surface area contributed by atoms with Crippen molar-refractivity contribution in [1.29, 1.82) is 0 Å². The van der Waals surface area contributed by atoms with Crippen LogP contribution in [-0.2, 0) is 0 Å². The number of hydrogen-bond donors (Lipinski definition) is 0. The van der Waals surface area contributed by atoms with Gasteiger partial charge in [-0.15, -0.1) is 10.2 Å². The topological polar surface area (TPSA) is 94.8 Å². The molecule has 192 valence electrons. The fourth-order valence-electron chi connectivity index (χ4n) is 4.70. The van der Waals surface area contributed by atoms with Gasteiger partial charge in [0, 0.05) is 0 Å². The van der Waals surface area contributed by atoms with Gasteiger partial charge in [0.05, 0.1) is 30.7 Å². The molecule has 0 bridgehead atoms. The summed E-state index contributed by atoms with van der Waals surface area (Å²) in [5.74, 6) is 0.745. The standard InChI is InChI=1S/C28H29N3O5S/c1-5-6-7-8-11-35-20-10-9-18(14-22(20)34-4)24-23-25(32)19-12-16(2)17(3)13-21(19)36-26(23)27(33)31(24)28-30-29-15-37-28/h9-10,12-15,24H,5-8,11H2,1-4H3. The summed E-state index contributed by atoms with van der Waals surface area (Å²) in [4.78, 5) is 29.0. The first-order valence-electron chi connectivity index (χ1n) is 12.4. The van der Waals surface area contributed by atoms with E-state index in [2.05, 4.69) is 17.1 Å². The SMILES string of the molecule is CCCCCCOc1ccc(C2c3c(oc4cc(C)c(C)cc4c3=O)C(=O)N2c2nncs2)cc1OC. The number of benzene rings is 2. The normalized spacial score (nSPS) is 14.9. The summed E-state index contributed by atoms with van der Waals surface area (Å²) in [6, 6.07) is 8.37. The van der Waals surface area contributed by atoms with Gasteiger partial charge in [0.15, 0.2) is 16.9 Å². The van der Waals surface area contributed by atoms with E-state index in [0.29, 0.717) is 39.8 Å². The minimum atomic E-state index is -0.745. The third-order valence-corrected chi connectivity index (χ3v) is 7.49. The molecule has 0 spiro atoms. The van der Waals surface area contributed by atoms with Gasteiger partial charge >= 0.3 is 0 Å². The van der Waals surface area contributed by atoms with Crippen molar-refractivity contribution in [1.82, 2.24) is 10.2 Å². The number of fused-ring (bicyclic) bond motifs is 2. The average molecular weight is 520 g/mol.